The molecule has 1 saturated heterocycles. The lowest BCUT2D eigenvalue weighted by Gasteiger charge is -2.34. The van der Waals surface area contributed by atoms with Gasteiger partial charge in [-0.15, -0.1) is 0 Å². The molecule has 0 aliphatic carbocycles. The summed E-state index contributed by atoms with van der Waals surface area (Å²) in [5.41, 5.74) is 1.54. The van der Waals surface area contributed by atoms with Crippen LogP contribution in [-0.4, -0.2) is 56.9 Å². The van der Waals surface area contributed by atoms with Crippen molar-refractivity contribution in [3.63, 3.8) is 0 Å². The van der Waals surface area contributed by atoms with E-state index < -0.39 is 10.0 Å². The molecule has 0 radical (unpaired) electrons. The molecule has 9 heteroatoms. The Morgan fingerprint density at radius 2 is 1.68 bits per heavy atom. The molecule has 1 aliphatic rings. The van der Waals surface area contributed by atoms with E-state index in [1.165, 1.54) is 17.5 Å². The van der Waals surface area contributed by atoms with Crippen molar-refractivity contribution in [1.29, 1.82) is 0 Å². The first-order chi connectivity index (χ1) is 13.3. The van der Waals surface area contributed by atoms with E-state index in [-0.39, 0.29) is 20.9 Å². The topological polar surface area (TPSA) is 66.9 Å². The highest BCUT2D eigenvalue weighted by molar-refractivity contribution is 7.89. The summed E-state index contributed by atoms with van der Waals surface area (Å²) < 4.78 is 31.9. The third-order valence-electron chi connectivity index (χ3n) is 4.65. The highest BCUT2D eigenvalue weighted by Gasteiger charge is 2.30. The maximum atomic E-state index is 12.9. The van der Waals surface area contributed by atoms with Crippen LogP contribution in [0.1, 0.15) is 15.9 Å². The lowest BCUT2D eigenvalue weighted by atomic mass is 10.1. The van der Waals surface area contributed by atoms with E-state index in [0.29, 0.717) is 38.3 Å². The minimum absolute atomic E-state index is 0.0357. The fourth-order valence-corrected chi connectivity index (χ4v) is 5.23. The fraction of sp³-hybridized carbons (Fsp3) is 0.316. The van der Waals surface area contributed by atoms with Crippen LogP contribution in [0.5, 0.6) is 0 Å². The standard InChI is InChI=1S/C19H20Cl2N2O4S/c1-27-19(24)15-7-5-14(6-8-15)13-22-9-11-23(12-10-22)28(25,26)17-4-2-3-16(20)18(17)21/h2-8H,9-13H2,1H3. The molecule has 0 spiro atoms. The summed E-state index contributed by atoms with van der Waals surface area (Å²) in [4.78, 5) is 13.7. The second-order valence-electron chi connectivity index (χ2n) is 6.42. The minimum atomic E-state index is -3.69. The van der Waals surface area contributed by atoms with Gasteiger partial charge in [-0.2, -0.15) is 4.31 Å². The van der Waals surface area contributed by atoms with E-state index in [1.54, 1.807) is 24.3 Å². The van der Waals surface area contributed by atoms with Crippen molar-refractivity contribution in [3.8, 4) is 0 Å². The first kappa shape index (κ1) is 21.1. The Morgan fingerprint density at radius 3 is 2.29 bits per heavy atom. The highest BCUT2D eigenvalue weighted by atomic mass is 35.5. The third kappa shape index (κ3) is 4.50. The smallest absolute Gasteiger partial charge is 0.337 e. The Hall–Kier alpha value is -1.64. The van der Waals surface area contributed by atoms with Gasteiger partial charge in [-0.3, -0.25) is 4.90 Å². The number of carbonyl (C=O) groups is 1. The van der Waals surface area contributed by atoms with Gasteiger partial charge in [0.2, 0.25) is 10.0 Å². The Morgan fingerprint density at radius 1 is 1.04 bits per heavy atom. The molecular formula is C19H20Cl2N2O4S. The molecule has 0 amide bonds. The quantitative estimate of drug-likeness (QED) is 0.664. The summed E-state index contributed by atoms with van der Waals surface area (Å²) in [5.74, 6) is -0.370. The predicted octanol–water partition coefficient (Wildman–Crippen LogP) is 3.29. The number of sulfonamides is 1. The van der Waals surface area contributed by atoms with Gasteiger partial charge in [-0.25, -0.2) is 13.2 Å². The first-order valence-corrected chi connectivity index (χ1v) is 10.9. The average molecular weight is 443 g/mol. The number of halogens is 2. The molecule has 150 valence electrons. The van der Waals surface area contributed by atoms with Gasteiger partial charge in [-0.1, -0.05) is 41.4 Å². The number of hydrogen-bond acceptors (Lipinski definition) is 5. The SMILES string of the molecule is COC(=O)c1ccc(CN2CCN(S(=O)(=O)c3cccc(Cl)c3Cl)CC2)cc1. The lowest BCUT2D eigenvalue weighted by molar-refractivity contribution is 0.0600. The Bertz CT molecular complexity index is 956. The van der Waals surface area contributed by atoms with Crippen LogP contribution in [0.15, 0.2) is 47.4 Å². The van der Waals surface area contributed by atoms with Crippen LogP contribution in [0.4, 0.5) is 0 Å². The van der Waals surface area contributed by atoms with E-state index in [2.05, 4.69) is 4.90 Å². The number of benzene rings is 2. The van der Waals surface area contributed by atoms with E-state index in [1.807, 2.05) is 12.1 Å². The van der Waals surface area contributed by atoms with Crippen LogP contribution >= 0.6 is 23.2 Å². The van der Waals surface area contributed by atoms with E-state index in [9.17, 15) is 13.2 Å². The molecule has 6 nitrogen and oxygen atoms in total. The number of ether oxygens (including phenoxy) is 1. The normalized spacial score (nSPS) is 16.1. The van der Waals surface area contributed by atoms with Gasteiger partial charge in [0.1, 0.15) is 4.90 Å². The second-order valence-corrected chi connectivity index (χ2v) is 9.11. The summed E-state index contributed by atoms with van der Waals surface area (Å²) >= 11 is 12.1. The molecule has 1 heterocycles. The zero-order chi connectivity index (χ0) is 20.3. The molecule has 1 fully saturated rings. The summed E-state index contributed by atoms with van der Waals surface area (Å²) in [6.07, 6.45) is 0. The van der Waals surface area contributed by atoms with Gasteiger partial charge in [0.25, 0.3) is 0 Å². The maximum Gasteiger partial charge on any atom is 0.337 e. The van der Waals surface area contributed by atoms with Crippen molar-refractivity contribution < 1.29 is 17.9 Å². The monoisotopic (exact) mass is 442 g/mol. The van der Waals surface area contributed by atoms with Gasteiger partial charge >= 0.3 is 5.97 Å². The van der Waals surface area contributed by atoms with Gasteiger partial charge in [0, 0.05) is 32.7 Å². The maximum absolute atomic E-state index is 12.9. The van der Waals surface area contributed by atoms with E-state index in [4.69, 9.17) is 27.9 Å². The molecule has 2 aromatic rings. The lowest BCUT2D eigenvalue weighted by Crippen LogP contribution is -2.48. The van der Waals surface area contributed by atoms with E-state index in [0.717, 1.165) is 5.56 Å². The van der Waals surface area contributed by atoms with Gasteiger partial charge in [-0.05, 0) is 29.8 Å². The Labute approximate surface area is 174 Å². The average Bonchev–Trinajstić information content (AvgIpc) is 2.70. The Kier molecular flexibility index (Phi) is 6.62. The predicted molar refractivity (Wildman–Crippen MR) is 108 cm³/mol. The molecule has 0 bridgehead atoms. The van der Waals surface area contributed by atoms with Gasteiger partial charge < -0.3 is 4.74 Å². The Balaban J connectivity index is 1.63. The number of esters is 1. The molecule has 0 unspecified atom stereocenters. The van der Waals surface area contributed by atoms with Crippen molar-refractivity contribution in [2.45, 2.75) is 11.4 Å². The second kappa shape index (κ2) is 8.80. The molecule has 28 heavy (non-hydrogen) atoms. The number of carbonyl (C=O) groups excluding carboxylic acids is 1. The summed E-state index contributed by atoms with van der Waals surface area (Å²) in [6.45, 7) is 2.59. The molecule has 1 aliphatic heterocycles. The van der Waals surface area contributed by atoms with Gasteiger partial charge in [0.05, 0.1) is 22.7 Å². The number of nitrogens with zero attached hydrogens (tertiary/aromatic N) is 2. The minimum Gasteiger partial charge on any atom is -0.465 e. The molecule has 0 saturated carbocycles. The zero-order valence-electron chi connectivity index (χ0n) is 15.3. The largest absolute Gasteiger partial charge is 0.465 e. The number of methoxy groups -OCH3 is 1. The highest BCUT2D eigenvalue weighted by Crippen LogP contribution is 2.31. The molecule has 0 aromatic heterocycles. The van der Waals surface area contributed by atoms with Crippen molar-refractivity contribution >= 4 is 39.2 Å². The number of piperazine rings is 1. The molecule has 0 N–H and O–H groups in total. The van der Waals surface area contributed by atoms with Crippen molar-refractivity contribution in [3.05, 3.63) is 63.6 Å². The van der Waals surface area contributed by atoms with Crippen LogP contribution < -0.4 is 0 Å². The van der Waals surface area contributed by atoms with Crippen molar-refractivity contribution in [2.24, 2.45) is 0 Å². The molecule has 2 aromatic carbocycles. The molecule has 3 rings (SSSR count). The zero-order valence-corrected chi connectivity index (χ0v) is 17.6. The van der Waals surface area contributed by atoms with Crippen LogP contribution in [0.2, 0.25) is 10.0 Å². The molecular weight excluding hydrogens is 423 g/mol. The van der Waals surface area contributed by atoms with Crippen LogP contribution in [0.25, 0.3) is 0 Å². The number of hydrogen-bond donors (Lipinski definition) is 0. The summed E-state index contributed by atoms with van der Waals surface area (Å²) in [6, 6.07) is 11.8. The fourth-order valence-electron chi connectivity index (χ4n) is 3.07. The van der Waals surface area contributed by atoms with Crippen molar-refractivity contribution in [1.82, 2.24) is 9.21 Å². The van der Waals surface area contributed by atoms with Crippen LogP contribution in [0.3, 0.4) is 0 Å². The summed E-state index contributed by atoms with van der Waals surface area (Å²) in [5, 5.41) is 0.272. The first-order valence-electron chi connectivity index (χ1n) is 8.66. The number of rotatable bonds is 5. The molecule has 0 atom stereocenters. The van der Waals surface area contributed by atoms with Crippen LogP contribution in [-0.2, 0) is 21.3 Å². The van der Waals surface area contributed by atoms with E-state index >= 15 is 0 Å². The van der Waals surface area contributed by atoms with Gasteiger partial charge in [0.15, 0.2) is 0 Å². The van der Waals surface area contributed by atoms with Crippen LogP contribution in [0, 0.1) is 0 Å². The van der Waals surface area contributed by atoms with Crippen molar-refractivity contribution in [2.75, 3.05) is 33.3 Å². The third-order valence-corrected chi connectivity index (χ3v) is 7.52. The summed E-state index contributed by atoms with van der Waals surface area (Å²) in [7, 11) is -2.34.